The summed E-state index contributed by atoms with van der Waals surface area (Å²) in [7, 11) is 0. The van der Waals surface area contributed by atoms with Gasteiger partial charge in [-0.1, -0.05) is 38.0 Å². The molecule has 2 heteroatoms. The molecule has 1 fully saturated rings. The van der Waals surface area contributed by atoms with Crippen LogP contribution in [0.3, 0.4) is 0 Å². The van der Waals surface area contributed by atoms with E-state index in [1.807, 2.05) is 0 Å². The van der Waals surface area contributed by atoms with Gasteiger partial charge < -0.3 is 5.32 Å². The number of nitrogens with zero attached hydrogens (tertiary/aromatic N) is 1. The fourth-order valence-corrected chi connectivity index (χ4v) is 3.71. The summed E-state index contributed by atoms with van der Waals surface area (Å²) in [5, 5.41) is 3.71. The summed E-state index contributed by atoms with van der Waals surface area (Å²) in [5.41, 5.74) is 2.85. The third kappa shape index (κ3) is 2.94. The van der Waals surface area contributed by atoms with Crippen LogP contribution in [0.5, 0.6) is 0 Å². The maximum absolute atomic E-state index is 3.71. The number of likely N-dealkylation sites (tertiary alicyclic amines) is 1. The lowest BCUT2D eigenvalue weighted by molar-refractivity contribution is 0.187. The molecule has 2 nitrogen and oxygen atoms in total. The molecule has 0 amide bonds. The summed E-state index contributed by atoms with van der Waals surface area (Å²) in [5.74, 6) is 0. The molecule has 104 valence electrons. The van der Waals surface area contributed by atoms with Crippen LogP contribution in [-0.4, -0.2) is 30.1 Å². The van der Waals surface area contributed by atoms with Crippen LogP contribution in [0.1, 0.15) is 44.6 Å². The third-order valence-corrected chi connectivity index (χ3v) is 4.77. The SMILES string of the molecule is CCC1CCCCCN1CC1Cc2ccccc2N1. The molecule has 0 bridgehead atoms. The summed E-state index contributed by atoms with van der Waals surface area (Å²) in [6.45, 7) is 4.86. The number of rotatable bonds is 3. The summed E-state index contributed by atoms with van der Waals surface area (Å²) in [6, 6.07) is 10.2. The smallest absolute Gasteiger partial charge is 0.0429 e. The first-order chi connectivity index (χ1) is 9.36. The lowest BCUT2D eigenvalue weighted by Crippen LogP contribution is -2.41. The van der Waals surface area contributed by atoms with Gasteiger partial charge in [0.25, 0.3) is 0 Å². The van der Waals surface area contributed by atoms with Gasteiger partial charge in [0.2, 0.25) is 0 Å². The molecular formula is C17H26N2. The van der Waals surface area contributed by atoms with E-state index in [1.54, 1.807) is 0 Å². The van der Waals surface area contributed by atoms with Crippen LogP contribution in [0.4, 0.5) is 5.69 Å². The molecule has 1 N–H and O–H groups in total. The van der Waals surface area contributed by atoms with Crippen LogP contribution >= 0.6 is 0 Å². The zero-order valence-corrected chi connectivity index (χ0v) is 12.1. The minimum Gasteiger partial charge on any atom is -0.380 e. The molecular weight excluding hydrogens is 232 g/mol. The molecule has 0 radical (unpaired) electrons. The van der Waals surface area contributed by atoms with Crippen LogP contribution in [0.2, 0.25) is 0 Å². The van der Waals surface area contributed by atoms with Crippen molar-refractivity contribution < 1.29 is 0 Å². The van der Waals surface area contributed by atoms with Crippen molar-refractivity contribution in [2.75, 3.05) is 18.4 Å². The molecule has 1 saturated heterocycles. The predicted octanol–water partition coefficient (Wildman–Crippen LogP) is 3.68. The molecule has 19 heavy (non-hydrogen) atoms. The van der Waals surface area contributed by atoms with Gasteiger partial charge in [-0.25, -0.2) is 0 Å². The maximum Gasteiger partial charge on any atom is 0.0429 e. The Hall–Kier alpha value is -1.02. The lowest BCUT2D eigenvalue weighted by atomic mass is 10.1. The van der Waals surface area contributed by atoms with Gasteiger partial charge in [-0.3, -0.25) is 4.90 Å². The van der Waals surface area contributed by atoms with Crippen LogP contribution in [0.25, 0.3) is 0 Å². The van der Waals surface area contributed by atoms with Crippen molar-refractivity contribution in [3.05, 3.63) is 29.8 Å². The molecule has 2 aliphatic heterocycles. The third-order valence-electron chi connectivity index (χ3n) is 4.77. The average molecular weight is 258 g/mol. The van der Waals surface area contributed by atoms with Gasteiger partial charge in [0.15, 0.2) is 0 Å². The van der Waals surface area contributed by atoms with Crippen LogP contribution < -0.4 is 5.32 Å². The Kier molecular flexibility index (Phi) is 4.07. The number of anilines is 1. The van der Waals surface area contributed by atoms with Gasteiger partial charge in [0.05, 0.1) is 0 Å². The van der Waals surface area contributed by atoms with Crippen molar-refractivity contribution in [3.63, 3.8) is 0 Å². The van der Waals surface area contributed by atoms with Gasteiger partial charge in [-0.05, 0) is 43.9 Å². The largest absolute Gasteiger partial charge is 0.380 e. The minimum atomic E-state index is 0.615. The Morgan fingerprint density at radius 1 is 1.21 bits per heavy atom. The molecule has 0 saturated carbocycles. The van der Waals surface area contributed by atoms with Gasteiger partial charge in [-0.2, -0.15) is 0 Å². The Morgan fingerprint density at radius 3 is 2.95 bits per heavy atom. The van der Waals surface area contributed by atoms with E-state index in [4.69, 9.17) is 0 Å². The predicted molar refractivity (Wildman–Crippen MR) is 81.7 cm³/mol. The average Bonchev–Trinajstić information content (AvgIpc) is 2.70. The second-order valence-electron chi connectivity index (χ2n) is 6.11. The van der Waals surface area contributed by atoms with Gasteiger partial charge >= 0.3 is 0 Å². The van der Waals surface area contributed by atoms with E-state index in [0.717, 1.165) is 6.04 Å². The fourth-order valence-electron chi connectivity index (χ4n) is 3.71. The van der Waals surface area contributed by atoms with E-state index >= 15 is 0 Å². The first-order valence-corrected chi connectivity index (χ1v) is 7.95. The topological polar surface area (TPSA) is 15.3 Å². The van der Waals surface area contributed by atoms with Crippen molar-refractivity contribution >= 4 is 5.69 Å². The van der Waals surface area contributed by atoms with Crippen molar-refractivity contribution in [3.8, 4) is 0 Å². The number of fused-ring (bicyclic) bond motifs is 1. The second-order valence-corrected chi connectivity index (χ2v) is 6.11. The van der Waals surface area contributed by atoms with Gasteiger partial charge in [0, 0.05) is 24.3 Å². The lowest BCUT2D eigenvalue weighted by Gasteiger charge is -2.31. The Bertz CT molecular complexity index is 390. The molecule has 2 aliphatic rings. The number of para-hydroxylation sites is 1. The number of hydrogen-bond acceptors (Lipinski definition) is 2. The number of benzene rings is 1. The van der Waals surface area contributed by atoms with Crippen LogP contribution in [0, 0.1) is 0 Å². The molecule has 2 heterocycles. The first-order valence-electron chi connectivity index (χ1n) is 7.95. The normalized spacial score (nSPS) is 27.6. The van der Waals surface area contributed by atoms with Crippen molar-refractivity contribution in [2.45, 2.75) is 57.5 Å². The van der Waals surface area contributed by atoms with E-state index in [-0.39, 0.29) is 0 Å². The zero-order valence-electron chi connectivity index (χ0n) is 12.1. The van der Waals surface area contributed by atoms with E-state index in [2.05, 4.69) is 41.4 Å². The zero-order chi connectivity index (χ0) is 13.1. The molecule has 2 atom stereocenters. The summed E-state index contributed by atoms with van der Waals surface area (Å²) in [4.78, 5) is 2.75. The summed E-state index contributed by atoms with van der Waals surface area (Å²) < 4.78 is 0. The highest BCUT2D eigenvalue weighted by Crippen LogP contribution is 2.27. The second kappa shape index (κ2) is 5.96. The summed E-state index contributed by atoms with van der Waals surface area (Å²) >= 11 is 0. The van der Waals surface area contributed by atoms with Crippen molar-refractivity contribution in [1.29, 1.82) is 0 Å². The highest BCUT2D eigenvalue weighted by Gasteiger charge is 2.26. The Labute approximate surface area is 117 Å². The highest BCUT2D eigenvalue weighted by atomic mass is 15.2. The minimum absolute atomic E-state index is 0.615. The number of hydrogen-bond donors (Lipinski definition) is 1. The molecule has 2 unspecified atom stereocenters. The van der Waals surface area contributed by atoms with Crippen molar-refractivity contribution in [2.24, 2.45) is 0 Å². The highest BCUT2D eigenvalue weighted by molar-refractivity contribution is 5.56. The van der Waals surface area contributed by atoms with Gasteiger partial charge in [0.1, 0.15) is 0 Å². The summed E-state index contributed by atoms with van der Waals surface area (Å²) in [6.07, 6.45) is 8.13. The first kappa shape index (κ1) is 13.0. The van der Waals surface area contributed by atoms with Gasteiger partial charge in [-0.15, -0.1) is 0 Å². The molecule has 0 spiro atoms. The molecule has 1 aromatic rings. The van der Waals surface area contributed by atoms with Crippen LogP contribution in [-0.2, 0) is 6.42 Å². The monoisotopic (exact) mass is 258 g/mol. The Balaban J connectivity index is 1.62. The molecule has 0 aromatic heterocycles. The molecule has 0 aliphatic carbocycles. The maximum atomic E-state index is 3.71. The van der Waals surface area contributed by atoms with Crippen LogP contribution in [0.15, 0.2) is 24.3 Å². The van der Waals surface area contributed by atoms with E-state index in [0.29, 0.717) is 6.04 Å². The molecule has 3 rings (SSSR count). The number of nitrogens with one attached hydrogen (secondary N) is 1. The molecule has 1 aromatic carbocycles. The quantitative estimate of drug-likeness (QED) is 0.889. The van der Waals surface area contributed by atoms with E-state index < -0.39 is 0 Å². The standard InChI is InChI=1S/C17H26N2/c1-2-16-9-4-3-7-11-19(16)13-15-12-14-8-5-6-10-17(14)18-15/h5-6,8,10,15-16,18H,2-4,7,9,11-13H2,1H3. The Morgan fingerprint density at radius 2 is 2.11 bits per heavy atom. The van der Waals surface area contributed by atoms with E-state index in [9.17, 15) is 0 Å². The van der Waals surface area contributed by atoms with Crippen molar-refractivity contribution in [1.82, 2.24) is 4.90 Å². The van der Waals surface area contributed by atoms with E-state index in [1.165, 1.54) is 62.9 Å². The fraction of sp³-hybridized carbons (Fsp3) is 0.647.